The number of aliphatic hydroxyl groups is 1. The second-order valence-electron chi connectivity index (χ2n) is 5.91. The topological polar surface area (TPSA) is 20.2 Å². The molecule has 112 valence electrons. The van der Waals surface area contributed by atoms with Crippen molar-refractivity contribution in [3.05, 3.63) is 48.0 Å². The maximum Gasteiger partial charge on any atom is 0.391 e. The van der Waals surface area contributed by atoms with Crippen molar-refractivity contribution in [2.45, 2.75) is 37.5 Å². The fraction of sp³-hybridized carbons (Fsp3) is 0.412. The van der Waals surface area contributed by atoms with Gasteiger partial charge in [-0.1, -0.05) is 36.4 Å². The summed E-state index contributed by atoms with van der Waals surface area (Å²) < 4.78 is 38.2. The van der Waals surface area contributed by atoms with E-state index in [0.717, 1.165) is 16.3 Å². The van der Waals surface area contributed by atoms with E-state index in [1.165, 1.54) is 0 Å². The van der Waals surface area contributed by atoms with E-state index in [4.69, 9.17) is 0 Å². The minimum atomic E-state index is -4.15. The average molecular weight is 294 g/mol. The van der Waals surface area contributed by atoms with Crippen LogP contribution in [0.25, 0.3) is 10.8 Å². The molecule has 0 aromatic heterocycles. The molecule has 2 aromatic rings. The van der Waals surface area contributed by atoms with Gasteiger partial charge in [0.25, 0.3) is 0 Å². The largest absolute Gasteiger partial charge is 0.391 e. The summed E-state index contributed by atoms with van der Waals surface area (Å²) in [4.78, 5) is 0. The number of rotatable bonds is 1. The highest BCUT2D eigenvalue weighted by molar-refractivity contribution is 5.83. The molecule has 0 saturated heterocycles. The van der Waals surface area contributed by atoms with Crippen molar-refractivity contribution in [3.63, 3.8) is 0 Å². The Morgan fingerprint density at radius 2 is 1.57 bits per heavy atom. The molecule has 0 amide bonds. The number of hydrogen-bond donors (Lipinski definition) is 1. The number of alkyl halides is 3. The molecule has 1 aliphatic carbocycles. The first-order valence-electron chi connectivity index (χ1n) is 7.17. The van der Waals surface area contributed by atoms with Crippen molar-refractivity contribution in [1.82, 2.24) is 0 Å². The molecule has 0 radical (unpaired) electrons. The second kappa shape index (κ2) is 5.02. The molecule has 4 heteroatoms. The van der Waals surface area contributed by atoms with E-state index in [0.29, 0.717) is 0 Å². The van der Waals surface area contributed by atoms with Gasteiger partial charge in [-0.2, -0.15) is 13.2 Å². The Hall–Kier alpha value is -1.55. The molecule has 0 unspecified atom stereocenters. The van der Waals surface area contributed by atoms with Crippen LogP contribution < -0.4 is 0 Å². The van der Waals surface area contributed by atoms with Crippen LogP contribution in [-0.2, 0) is 5.60 Å². The van der Waals surface area contributed by atoms with E-state index in [2.05, 4.69) is 0 Å². The van der Waals surface area contributed by atoms with Crippen LogP contribution in [0.4, 0.5) is 13.2 Å². The van der Waals surface area contributed by atoms with Gasteiger partial charge in [-0.15, -0.1) is 0 Å². The van der Waals surface area contributed by atoms with Gasteiger partial charge in [-0.3, -0.25) is 0 Å². The Morgan fingerprint density at radius 3 is 2.19 bits per heavy atom. The van der Waals surface area contributed by atoms with E-state index in [1.54, 1.807) is 0 Å². The zero-order valence-electron chi connectivity index (χ0n) is 11.5. The molecule has 0 aliphatic heterocycles. The van der Waals surface area contributed by atoms with Crippen molar-refractivity contribution in [3.8, 4) is 0 Å². The summed E-state index contributed by atoms with van der Waals surface area (Å²) in [6.45, 7) is 0. The van der Waals surface area contributed by atoms with E-state index < -0.39 is 17.7 Å². The van der Waals surface area contributed by atoms with E-state index in [1.807, 2.05) is 42.5 Å². The van der Waals surface area contributed by atoms with Gasteiger partial charge in [-0.25, -0.2) is 0 Å². The van der Waals surface area contributed by atoms with Crippen LogP contribution in [0.2, 0.25) is 0 Å². The van der Waals surface area contributed by atoms with Crippen molar-refractivity contribution in [2.75, 3.05) is 0 Å². The van der Waals surface area contributed by atoms with Crippen molar-refractivity contribution in [2.24, 2.45) is 5.92 Å². The Labute approximate surface area is 121 Å². The molecule has 0 bridgehead atoms. The number of hydrogen-bond acceptors (Lipinski definition) is 1. The number of benzene rings is 2. The van der Waals surface area contributed by atoms with Gasteiger partial charge in [0, 0.05) is 0 Å². The van der Waals surface area contributed by atoms with Crippen LogP contribution in [0.3, 0.4) is 0 Å². The summed E-state index contributed by atoms with van der Waals surface area (Å²) in [6.07, 6.45) is -3.84. The van der Waals surface area contributed by atoms with Gasteiger partial charge < -0.3 is 5.11 Å². The van der Waals surface area contributed by atoms with Crippen LogP contribution in [0.15, 0.2) is 42.5 Å². The fourth-order valence-electron chi connectivity index (χ4n) is 3.19. The third kappa shape index (κ3) is 2.77. The molecule has 1 nitrogen and oxygen atoms in total. The normalized spacial score (nSPS) is 27.0. The highest BCUT2D eigenvalue weighted by atomic mass is 19.4. The molecule has 1 saturated carbocycles. The fourth-order valence-corrected chi connectivity index (χ4v) is 3.19. The minimum Gasteiger partial charge on any atom is -0.385 e. The third-order valence-corrected chi connectivity index (χ3v) is 4.56. The molecule has 0 heterocycles. The average Bonchev–Trinajstić information content (AvgIpc) is 2.46. The summed E-state index contributed by atoms with van der Waals surface area (Å²) in [6, 6.07) is 13.4. The van der Waals surface area contributed by atoms with Gasteiger partial charge in [0.15, 0.2) is 0 Å². The maximum atomic E-state index is 12.7. The molecular weight excluding hydrogens is 277 g/mol. The Bertz CT molecular complexity index is 640. The summed E-state index contributed by atoms with van der Waals surface area (Å²) >= 11 is 0. The Morgan fingerprint density at radius 1 is 0.952 bits per heavy atom. The molecular formula is C17H17F3O. The van der Waals surface area contributed by atoms with Crippen LogP contribution in [0.5, 0.6) is 0 Å². The number of fused-ring (bicyclic) bond motifs is 1. The lowest BCUT2D eigenvalue weighted by Gasteiger charge is -2.37. The summed E-state index contributed by atoms with van der Waals surface area (Å²) in [5.41, 5.74) is -0.409. The number of halogens is 3. The minimum absolute atomic E-state index is 0.00712. The Balaban J connectivity index is 1.85. The van der Waals surface area contributed by atoms with E-state index in [-0.39, 0.29) is 25.7 Å². The monoisotopic (exact) mass is 294 g/mol. The predicted octanol–water partition coefficient (Wildman–Crippen LogP) is 4.78. The van der Waals surface area contributed by atoms with Gasteiger partial charge in [-0.05, 0) is 48.1 Å². The maximum absolute atomic E-state index is 12.7. The predicted molar refractivity (Wildman–Crippen MR) is 75.9 cm³/mol. The summed E-state index contributed by atoms with van der Waals surface area (Å²) in [5.74, 6) is -1.28. The molecule has 2 aromatic carbocycles. The molecule has 1 aliphatic rings. The first kappa shape index (κ1) is 14.4. The quantitative estimate of drug-likeness (QED) is 0.802. The molecule has 1 N–H and O–H groups in total. The lowest BCUT2D eigenvalue weighted by Crippen LogP contribution is -2.36. The van der Waals surface area contributed by atoms with Crippen molar-refractivity contribution in [1.29, 1.82) is 0 Å². The molecule has 0 atom stereocenters. The van der Waals surface area contributed by atoms with Gasteiger partial charge in [0.05, 0.1) is 11.5 Å². The lowest BCUT2D eigenvalue weighted by molar-refractivity contribution is -0.193. The van der Waals surface area contributed by atoms with Crippen LogP contribution in [0.1, 0.15) is 31.2 Å². The van der Waals surface area contributed by atoms with Crippen LogP contribution >= 0.6 is 0 Å². The van der Waals surface area contributed by atoms with Gasteiger partial charge >= 0.3 is 6.18 Å². The lowest BCUT2D eigenvalue weighted by atomic mass is 9.74. The highest BCUT2D eigenvalue weighted by Crippen LogP contribution is 2.45. The van der Waals surface area contributed by atoms with Crippen molar-refractivity contribution >= 4 is 10.8 Å². The van der Waals surface area contributed by atoms with E-state index >= 15 is 0 Å². The smallest absolute Gasteiger partial charge is 0.385 e. The summed E-state index contributed by atoms with van der Waals surface area (Å²) in [7, 11) is 0. The zero-order valence-corrected chi connectivity index (χ0v) is 11.5. The Kier molecular flexibility index (Phi) is 3.44. The second-order valence-corrected chi connectivity index (χ2v) is 5.91. The third-order valence-electron chi connectivity index (χ3n) is 4.56. The SMILES string of the molecule is OC1(c2ccc3ccccc3c2)CCC(C(F)(F)F)CC1. The summed E-state index contributed by atoms with van der Waals surface area (Å²) in [5, 5.41) is 12.8. The van der Waals surface area contributed by atoms with Crippen LogP contribution in [0, 0.1) is 5.92 Å². The van der Waals surface area contributed by atoms with E-state index in [9.17, 15) is 18.3 Å². The van der Waals surface area contributed by atoms with Gasteiger partial charge in [0.2, 0.25) is 0 Å². The molecule has 0 spiro atoms. The molecule has 3 rings (SSSR count). The standard InChI is InChI=1S/C17H17F3O/c18-17(19,20)14-7-9-16(21,10-8-14)15-6-5-12-3-1-2-4-13(12)11-15/h1-6,11,14,21H,7-10H2. The first-order valence-corrected chi connectivity index (χ1v) is 7.17. The highest BCUT2D eigenvalue weighted by Gasteiger charge is 2.45. The zero-order chi connectivity index (χ0) is 15.1. The molecule has 1 fully saturated rings. The van der Waals surface area contributed by atoms with Gasteiger partial charge in [0.1, 0.15) is 0 Å². The first-order chi connectivity index (χ1) is 9.88. The van der Waals surface area contributed by atoms with Crippen molar-refractivity contribution < 1.29 is 18.3 Å². The van der Waals surface area contributed by atoms with Crippen LogP contribution in [-0.4, -0.2) is 11.3 Å². The molecule has 21 heavy (non-hydrogen) atoms.